The fraction of sp³-hybridized carbons (Fsp3) is 0.600. The van der Waals surface area contributed by atoms with Crippen molar-refractivity contribution in [2.24, 2.45) is 5.41 Å². The Hall–Kier alpha value is -1.99. The van der Waals surface area contributed by atoms with E-state index in [0.717, 1.165) is 12.5 Å². The van der Waals surface area contributed by atoms with E-state index in [1.807, 2.05) is 18.1 Å². The van der Waals surface area contributed by atoms with Gasteiger partial charge in [-0.05, 0) is 33.1 Å². The zero-order valence-corrected chi connectivity index (χ0v) is 13.0. The highest BCUT2D eigenvalue weighted by atomic mass is 19.4. The summed E-state index contributed by atoms with van der Waals surface area (Å²) < 4.78 is 48.1. The van der Waals surface area contributed by atoms with Gasteiger partial charge >= 0.3 is 12.1 Å². The second-order valence-electron chi connectivity index (χ2n) is 5.66. The van der Waals surface area contributed by atoms with Gasteiger partial charge in [0.15, 0.2) is 0 Å². The number of aromatic nitrogens is 2. The molecule has 128 valence electrons. The topological polar surface area (TPSA) is 64.2 Å². The van der Waals surface area contributed by atoms with Crippen molar-refractivity contribution in [1.82, 2.24) is 10.2 Å². The predicted molar refractivity (Wildman–Crippen MR) is 75.8 cm³/mol. The van der Waals surface area contributed by atoms with E-state index in [2.05, 4.69) is 5.10 Å². The maximum absolute atomic E-state index is 12.5. The zero-order chi connectivity index (χ0) is 17.1. The van der Waals surface area contributed by atoms with Gasteiger partial charge in [-0.25, -0.2) is 0 Å². The van der Waals surface area contributed by atoms with Crippen molar-refractivity contribution >= 4 is 5.97 Å². The molecule has 1 heterocycles. The fourth-order valence-electron chi connectivity index (χ4n) is 2.40. The number of aromatic amines is 1. The van der Waals surface area contributed by atoms with Gasteiger partial charge in [0, 0.05) is 6.07 Å². The van der Waals surface area contributed by atoms with Gasteiger partial charge in [-0.15, -0.1) is 5.10 Å². The summed E-state index contributed by atoms with van der Waals surface area (Å²) in [7, 11) is 0. The number of hydrogen-bond acceptors (Lipinski definition) is 4. The van der Waals surface area contributed by atoms with Crippen LogP contribution in [0.15, 0.2) is 17.7 Å². The third-order valence-corrected chi connectivity index (χ3v) is 3.90. The summed E-state index contributed by atoms with van der Waals surface area (Å²) in [4.78, 5) is 12.3. The SMILES string of the molecule is CCOC(=O)C1(COc2cc(C(F)(F)F)[nH]n2)CC=C(C)CC1. The first kappa shape index (κ1) is 17.4. The summed E-state index contributed by atoms with van der Waals surface area (Å²) in [6, 6.07) is 0.781. The van der Waals surface area contributed by atoms with Crippen molar-refractivity contribution in [2.45, 2.75) is 39.3 Å². The predicted octanol–water partition coefficient (Wildman–Crippen LogP) is 3.49. The molecule has 0 spiro atoms. The quantitative estimate of drug-likeness (QED) is 0.662. The highest BCUT2D eigenvalue weighted by Gasteiger charge is 2.42. The molecule has 0 bridgehead atoms. The minimum absolute atomic E-state index is 0.0717. The van der Waals surface area contributed by atoms with Crippen LogP contribution in [0.25, 0.3) is 0 Å². The van der Waals surface area contributed by atoms with Crippen LogP contribution >= 0.6 is 0 Å². The van der Waals surface area contributed by atoms with E-state index in [-0.39, 0.29) is 19.1 Å². The molecule has 1 aliphatic carbocycles. The zero-order valence-electron chi connectivity index (χ0n) is 13.0. The van der Waals surface area contributed by atoms with E-state index >= 15 is 0 Å². The maximum Gasteiger partial charge on any atom is 0.432 e. The number of nitrogens with zero attached hydrogens (tertiary/aromatic N) is 1. The van der Waals surface area contributed by atoms with E-state index in [4.69, 9.17) is 9.47 Å². The lowest BCUT2D eigenvalue weighted by Crippen LogP contribution is -2.40. The highest BCUT2D eigenvalue weighted by Crippen LogP contribution is 2.37. The third-order valence-electron chi connectivity index (χ3n) is 3.90. The number of alkyl halides is 3. The minimum atomic E-state index is -4.52. The molecule has 1 aliphatic rings. The largest absolute Gasteiger partial charge is 0.475 e. The van der Waals surface area contributed by atoms with Crippen LogP contribution in [-0.2, 0) is 15.7 Å². The second kappa shape index (κ2) is 6.64. The summed E-state index contributed by atoms with van der Waals surface area (Å²) >= 11 is 0. The lowest BCUT2D eigenvalue weighted by molar-refractivity contribution is -0.158. The molecule has 23 heavy (non-hydrogen) atoms. The second-order valence-corrected chi connectivity index (χ2v) is 5.66. The summed E-state index contributed by atoms with van der Waals surface area (Å²) in [5.74, 6) is -0.581. The van der Waals surface area contributed by atoms with Gasteiger partial charge in [0.2, 0.25) is 5.88 Å². The van der Waals surface area contributed by atoms with Crippen LogP contribution in [0, 0.1) is 5.41 Å². The summed E-state index contributed by atoms with van der Waals surface area (Å²) in [5, 5.41) is 5.36. The Labute approximate surface area is 131 Å². The lowest BCUT2D eigenvalue weighted by atomic mass is 9.75. The number of allylic oxidation sites excluding steroid dienone is 2. The molecule has 0 radical (unpaired) electrons. The number of halogens is 3. The van der Waals surface area contributed by atoms with E-state index in [0.29, 0.717) is 12.8 Å². The first-order valence-electron chi connectivity index (χ1n) is 7.35. The van der Waals surface area contributed by atoms with Crippen molar-refractivity contribution in [3.8, 4) is 5.88 Å². The van der Waals surface area contributed by atoms with Crippen molar-refractivity contribution < 1.29 is 27.4 Å². The van der Waals surface area contributed by atoms with Gasteiger partial charge in [0.25, 0.3) is 0 Å². The summed E-state index contributed by atoms with van der Waals surface area (Å²) in [6.07, 6.45) is -0.886. The van der Waals surface area contributed by atoms with E-state index in [9.17, 15) is 18.0 Å². The number of ether oxygens (including phenoxy) is 2. The fourth-order valence-corrected chi connectivity index (χ4v) is 2.40. The monoisotopic (exact) mass is 332 g/mol. The Morgan fingerprint density at radius 3 is 2.74 bits per heavy atom. The van der Waals surface area contributed by atoms with Crippen LogP contribution < -0.4 is 4.74 Å². The van der Waals surface area contributed by atoms with Gasteiger partial charge in [0.05, 0.1) is 6.61 Å². The Balaban J connectivity index is 2.10. The first-order chi connectivity index (χ1) is 10.8. The minimum Gasteiger partial charge on any atom is -0.475 e. The molecular formula is C15H19F3N2O3. The number of hydrogen-bond donors (Lipinski definition) is 1. The van der Waals surface area contributed by atoms with Crippen molar-refractivity contribution in [3.63, 3.8) is 0 Å². The molecule has 0 amide bonds. The van der Waals surface area contributed by atoms with Crippen LogP contribution in [0.3, 0.4) is 0 Å². The van der Waals surface area contributed by atoms with E-state index in [1.54, 1.807) is 6.92 Å². The van der Waals surface area contributed by atoms with Gasteiger partial charge in [-0.2, -0.15) is 13.2 Å². The molecule has 0 saturated heterocycles. The van der Waals surface area contributed by atoms with Gasteiger partial charge in [0.1, 0.15) is 17.7 Å². The smallest absolute Gasteiger partial charge is 0.432 e. The molecule has 1 atom stereocenters. The van der Waals surface area contributed by atoms with Gasteiger partial charge < -0.3 is 9.47 Å². The molecule has 0 aliphatic heterocycles. The standard InChI is InChI=1S/C15H19F3N2O3/c1-3-22-13(21)14(6-4-10(2)5-7-14)9-23-12-8-11(19-20-12)15(16,17)18/h4,8H,3,5-7,9H2,1-2H3,(H,19,20). The maximum atomic E-state index is 12.5. The third kappa shape index (κ3) is 4.05. The molecule has 1 unspecified atom stereocenters. The number of esters is 1. The molecule has 0 saturated carbocycles. The molecule has 0 aromatic carbocycles. The molecular weight excluding hydrogens is 313 g/mol. The van der Waals surface area contributed by atoms with Gasteiger partial charge in [-0.1, -0.05) is 11.6 Å². The lowest BCUT2D eigenvalue weighted by Gasteiger charge is -2.33. The number of nitrogens with one attached hydrogen (secondary N) is 1. The Morgan fingerprint density at radius 2 is 2.22 bits per heavy atom. The molecule has 1 aromatic rings. The van der Waals surface area contributed by atoms with Crippen molar-refractivity contribution in [1.29, 1.82) is 0 Å². The van der Waals surface area contributed by atoms with Crippen LogP contribution in [0.1, 0.15) is 38.8 Å². The van der Waals surface area contributed by atoms with Crippen LogP contribution in [0.5, 0.6) is 5.88 Å². The average Bonchev–Trinajstić information content (AvgIpc) is 2.96. The number of rotatable bonds is 5. The van der Waals surface area contributed by atoms with Crippen LogP contribution in [0.4, 0.5) is 13.2 Å². The molecule has 8 heteroatoms. The number of H-pyrrole nitrogens is 1. The summed E-state index contributed by atoms with van der Waals surface area (Å²) in [5.41, 5.74) is -0.700. The summed E-state index contributed by atoms with van der Waals surface area (Å²) in [6.45, 7) is 3.85. The average molecular weight is 332 g/mol. The molecule has 1 N–H and O–H groups in total. The van der Waals surface area contributed by atoms with E-state index in [1.165, 1.54) is 5.57 Å². The molecule has 0 fully saturated rings. The molecule has 2 rings (SSSR count). The van der Waals surface area contributed by atoms with E-state index < -0.39 is 23.3 Å². The first-order valence-corrected chi connectivity index (χ1v) is 7.35. The van der Waals surface area contributed by atoms with Crippen LogP contribution in [-0.4, -0.2) is 29.4 Å². The Morgan fingerprint density at radius 1 is 1.48 bits per heavy atom. The van der Waals surface area contributed by atoms with Gasteiger partial charge in [-0.3, -0.25) is 9.89 Å². The highest BCUT2D eigenvalue weighted by molar-refractivity contribution is 5.77. The van der Waals surface area contributed by atoms with Crippen molar-refractivity contribution in [3.05, 3.63) is 23.4 Å². The van der Waals surface area contributed by atoms with Crippen molar-refractivity contribution in [2.75, 3.05) is 13.2 Å². The number of carbonyl (C=O) groups excluding carboxylic acids is 1. The molecule has 1 aromatic heterocycles. The normalized spacial score (nSPS) is 21.7. The van der Waals surface area contributed by atoms with Crippen LogP contribution in [0.2, 0.25) is 0 Å². The number of carbonyl (C=O) groups is 1. The Kier molecular flexibility index (Phi) is 5.01. The Bertz CT molecular complexity index is 595. The molecule has 5 nitrogen and oxygen atoms in total.